The first-order chi connectivity index (χ1) is 4.79. The van der Waals surface area contributed by atoms with E-state index in [0.717, 1.165) is 12.3 Å². The van der Waals surface area contributed by atoms with Gasteiger partial charge in [0.25, 0.3) is 0 Å². The molecule has 0 heterocycles. The topological polar surface area (TPSA) is 0 Å². The average molecular weight is 257 g/mol. The van der Waals surface area contributed by atoms with E-state index in [-0.39, 0.29) is 41.1 Å². The van der Waals surface area contributed by atoms with Crippen molar-refractivity contribution in [2.75, 3.05) is 0 Å². The molecule has 0 aliphatic heterocycles. The van der Waals surface area contributed by atoms with E-state index in [4.69, 9.17) is 0 Å². The van der Waals surface area contributed by atoms with E-state index in [1.807, 2.05) is 0 Å². The van der Waals surface area contributed by atoms with Crippen LogP contribution in [0.15, 0.2) is 17.7 Å². The van der Waals surface area contributed by atoms with Crippen LogP contribution in [0.3, 0.4) is 0 Å². The van der Waals surface area contributed by atoms with E-state index in [0.29, 0.717) is 0 Å². The summed E-state index contributed by atoms with van der Waals surface area (Å²) < 4.78 is 0. The van der Waals surface area contributed by atoms with Gasteiger partial charge in [0, 0.05) is 0 Å². The van der Waals surface area contributed by atoms with Gasteiger partial charge in [-0.15, -0.1) is 6.42 Å². The Balaban J connectivity index is -0.000000333. The second kappa shape index (κ2) is 10.4. The van der Waals surface area contributed by atoms with Crippen molar-refractivity contribution >= 4 is 0 Å². The summed E-state index contributed by atoms with van der Waals surface area (Å²) in [7, 11) is 0. The van der Waals surface area contributed by atoms with Crippen molar-refractivity contribution in [3.8, 4) is 0 Å². The zero-order chi connectivity index (χ0) is 7.40. The standard InChI is InChI=1S/C10H15.2CH3.Zr/c1-9(2)7-8-10-5-3-4-6-10;;;/h3,5,9H,4,7-8H2,1-2H3;2*1H3;/q3*-1;+3. The molecule has 0 fully saturated rings. The van der Waals surface area contributed by atoms with Crippen LogP contribution in [0.5, 0.6) is 0 Å². The van der Waals surface area contributed by atoms with Gasteiger partial charge in [-0.3, -0.25) is 6.08 Å². The molecule has 1 aliphatic rings. The zero-order valence-corrected chi connectivity index (χ0v) is 11.8. The first-order valence-electron chi connectivity index (χ1n) is 4.05. The second-order valence-electron chi connectivity index (χ2n) is 3.24. The van der Waals surface area contributed by atoms with Gasteiger partial charge in [-0.25, -0.2) is 11.6 Å². The molecule has 1 heteroatoms. The largest absolute Gasteiger partial charge is 3.00 e. The number of rotatable bonds is 3. The molecule has 0 bridgehead atoms. The van der Waals surface area contributed by atoms with Crippen LogP contribution in [-0.4, -0.2) is 0 Å². The normalized spacial score (nSPS) is 12.7. The van der Waals surface area contributed by atoms with Crippen LogP contribution in [0.25, 0.3) is 0 Å². The maximum absolute atomic E-state index is 3.32. The Morgan fingerprint density at radius 3 is 2.38 bits per heavy atom. The van der Waals surface area contributed by atoms with Gasteiger partial charge in [-0.1, -0.05) is 20.3 Å². The fourth-order valence-corrected chi connectivity index (χ4v) is 1.07. The molecular formula is C12H21Zr. The minimum absolute atomic E-state index is 0. The summed E-state index contributed by atoms with van der Waals surface area (Å²) >= 11 is 0. The fraction of sp³-hybridized carbons (Fsp3) is 0.500. The monoisotopic (exact) mass is 255 g/mol. The third-order valence-electron chi connectivity index (χ3n) is 1.76. The molecule has 0 unspecified atom stereocenters. The van der Waals surface area contributed by atoms with E-state index >= 15 is 0 Å². The molecule has 73 valence electrons. The average Bonchev–Trinajstić information content (AvgIpc) is 2.34. The molecule has 1 radical (unpaired) electrons. The third-order valence-corrected chi connectivity index (χ3v) is 1.76. The molecule has 0 atom stereocenters. The Morgan fingerprint density at radius 1 is 1.38 bits per heavy atom. The van der Waals surface area contributed by atoms with Crippen molar-refractivity contribution in [3.05, 3.63) is 38.7 Å². The Labute approximate surface area is 104 Å². The number of hydrogen-bond donors (Lipinski definition) is 0. The molecule has 0 N–H and O–H groups in total. The minimum atomic E-state index is 0. The van der Waals surface area contributed by atoms with Crippen molar-refractivity contribution in [1.82, 2.24) is 0 Å². The maximum Gasteiger partial charge on any atom is 3.00 e. The van der Waals surface area contributed by atoms with Crippen molar-refractivity contribution in [1.29, 1.82) is 0 Å². The first-order valence-corrected chi connectivity index (χ1v) is 4.05. The molecule has 0 saturated heterocycles. The molecule has 0 spiro atoms. The fourth-order valence-electron chi connectivity index (χ4n) is 1.07. The Kier molecular flexibility index (Phi) is 15.3. The minimum Gasteiger partial charge on any atom is -0.358 e. The quantitative estimate of drug-likeness (QED) is 0.669. The summed E-state index contributed by atoms with van der Waals surface area (Å²) in [6, 6.07) is 0. The molecule has 0 amide bonds. The molecule has 0 nitrogen and oxygen atoms in total. The van der Waals surface area contributed by atoms with Gasteiger partial charge in [0.2, 0.25) is 0 Å². The molecule has 0 saturated carbocycles. The molecular weight excluding hydrogens is 235 g/mol. The predicted octanol–water partition coefficient (Wildman–Crippen LogP) is 4.01. The van der Waals surface area contributed by atoms with Crippen molar-refractivity contribution in [3.63, 3.8) is 0 Å². The van der Waals surface area contributed by atoms with Crippen LogP contribution in [-0.2, 0) is 26.2 Å². The van der Waals surface area contributed by atoms with Gasteiger partial charge in [0.1, 0.15) is 0 Å². The van der Waals surface area contributed by atoms with Gasteiger partial charge in [-0.2, -0.15) is 6.08 Å². The Bertz CT molecular complexity index is 155. The van der Waals surface area contributed by atoms with E-state index < -0.39 is 0 Å². The summed E-state index contributed by atoms with van der Waals surface area (Å²) in [6.45, 7) is 4.53. The number of hydrogen-bond acceptors (Lipinski definition) is 0. The predicted molar refractivity (Wildman–Crippen MR) is 57.4 cm³/mol. The summed E-state index contributed by atoms with van der Waals surface area (Å²) in [4.78, 5) is 0. The summed E-state index contributed by atoms with van der Waals surface area (Å²) in [6.07, 6.45) is 11.2. The smallest absolute Gasteiger partial charge is 0.358 e. The molecule has 0 aromatic carbocycles. The molecule has 0 aromatic rings. The molecule has 0 aromatic heterocycles. The van der Waals surface area contributed by atoms with Gasteiger partial charge in [-0.05, 0) is 12.3 Å². The maximum atomic E-state index is 3.32. The van der Waals surface area contributed by atoms with Crippen molar-refractivity contribution in [2.45, 2.75) is 33.1 Å². The Morgan fingerprint density at radius 2 is 2.00 bits per heavy atom. The van der Waals surface area contributed by atoms with Crippen LogP contribution >= 0.6 is 0 Å². The van der Waals surface area contributed by atoms with E-state index in [1.54, 1.807) is 0 Å². The second-order valence-corrected chi connectivity index (χ2v) is 3.24. The van der Waals surface area contributed by atoms with Crippen molar-refractivity contribution < 1.29 is 26.2 Å². The number of allylic oxidation sites excluding steroid dienone is 4. The van der Waals surface area contributed by atoms with E-state index in [9.17, 15) is 0 Å². The summed E-state index contributed by atoms with van der Waals surface area (Å²) in [5.74, 6) is 0.822. The molecule has 1 rings (SSSR count). The van der Waals surface area contributed by atoms with Crippen LogP contribution in [0, 0.1) is 26.8 Å². The van der Waals surface area contributed by atoms with E-state index in [2.05, 4.69) is 32.1 Å². The Hall–Kier alpha value is 0.363. The van der Waals surface area contributed by atoms with Crippen LogP contribution in [0.4, 0.5) is 0 Å². The molecule has 1 aliphatic carbocycles. The third kappa shape index (κ3) is 8.69. The zero-order valence-electron chi connectivity index (χ0n) is 9.35. The SMILES string of the molecule is CC(C)CCC1=[C-]CC=C1.[CH3-].[CH3-].[Zr+3]. The summed E-state index contributed by atoms with van der Waals surface area (Å²) in [5.41, 5.74) is 1.41. The van der Waals surface area contributed by atoms with Gasteiger partial charge < -0.3 is 14.9 Å². The summed E-state index contributed by atoms with van der Waals surface area (Å²) in [5, 5.41) is 0. The van der Waals surface area contributed by atoms with Crippen LogP contribution in [0.2, 0.25) is 0 Å². The first kappa shape index (κ1) is 19.0. The van der Waals surface area contributed by atoms with Crippen LogP contribution < -0.4 is 0 Å². The van der Waals surface area contributed by atoms with Gasteiger partial charge in [0.15, 0.2) is 0 Å². The van der Waals surface area contributed by atoms with Gasteiger partial charge >= 0.3 is 26.2 Å². The molecule has 13 heavy (non-hydrogen) atoms. The van der Waals surface area contributed by atoms with Crippen molar-refractivity contribution in [2.24, 2.45) is 5.92 Å². The van der Waals surface area contributed by atoms with E-state index in [1.165, 1.54) is 18.4 Å². The van der Waals surface area contributed by atoms with Gasteiger partial charge in [0.05, 0.1) is 0 Å². The van der Waals surface area contributed by atoms with Crippen LogP contribution in [0.1, 0.15) is 33.1 Å².